The number of hydrogen-bond acceptors (Lipinski definition) is 3. The fourth-order valence-electron chi connectivity index (χ4n) is 1.30. The van der Waals surface area contributed by atoms with Crippen LogP contribution in [0.4, 0.5) is 5.95 Å². The number of benzene rings is 1. The Hall–Kier alpha value is -1.08. The van der Waals surface area contributed by atoms with Gasteiger partial charge in [0.2, 0.25) is 5.95 Å². The highest BCUT2D eigenvalue weighted by Gasteiger charge is 2.10. The minimum atomic E-state index is -0.428. The highest BCUT2D eigenvalue weighted by atomic mass is 127. The molecule has 1 aromatic heterocycles. The van der Waals surface area contributed by atoms with Gasteiger partial charge in [-0.05, 0) is 34.7 Å². The molecule has 2 aromatic rings. The van der Waals surface area contributed by atoms with E-state index in [2.05, 4.69) is 32.6 Å². The number of nitrogens with two attached hydrogens (primary N) is 1. The van der Waals surface area contributed by atoms with Gasteiger partial charge in [-0.15, -0.1) is 0 Å². The fraction of sp³-hybridized carbons (Fsp3) is 0. The lowest BCUT2D eigenvalue weighted by atomic mass is 10.1. The van der Waals surface area contributed by atoms with Crippen LogP contribution in [0.3, 0.4) is 0 Å². The van der Waals surface area contributed by atoms with Crippen molar-refractivity contribution in [1.82, 2.24) is 9.97 Å². The lowest BCUT2D eigenvalue weighted by Gasteiger charge is -2.04. The summed E-state index contributed by atoms with van der Waals surface area (Å²) in [5, 5.41) is 0.0520. The highest BCUT2D eigenvalue weighted by Crippen LogP contribution is 2.24. The van der Waals surface area contributed by atoms with Gasteiger partial charge in [-0.2, -0.15) is 0 Å². The summed E-state index contributed by atoms with van der Waals surface area (Å²) in [7, 11) is 0. The molecule has 0 fully saturated rings. The second kappa shape index (κ2) is 4.42. The molecule has 1 aromatic carbocycles. The summed E-state index contributed by atoms with van der Waals surface area (Å²) in [6.07, 6.45) is 0. The zero-order valence-electron chi connectivity index (χ0n) is 8.00. The quantitative estimate of drug-likeness (QED) is 0.778. The Balaban J connectivity index is 2.69. The standard InChI is InChI=1S/C10H7ClIN3O/c11-7-8(14-10(13)15-9(7)16)5-2-1-3-6(12)4-5/h1-4H,(H3,13,14,15,16). The molecular formula is C10H7ClIN3O. The monoisotopic (exact) mass is 347 g/mol. The Morgan fingerprint density at radius 3 is 2.88 bits per heavy atom. The van der Waals surface area contributed by atoms with Gasteiger partial charge < -0.3 is 5.73 Å². The Morgan fingerprint density at radius 2 is 2.19 bits per heavy atom. The third-order valence-electron chi connectivity index (χ3n) is 1.98. The summed E-state index contributed by atoms with van der Waals surface area (Å²) in [5.41, 5.74) is 6.23. The SMILES string of the molecule is Nc1nc(-c2cccc(I)c2)c(Cl)c(=O)[nH]1. The van der Waals surface area contributed by atoms with E-state index in [1.165, 1.54) is 0 Å². The lowest BCUT2D eigenvalue weighted by Crippen LogP contribution is -2.12. The molecular weight excluding hydrogens is 340 g/mol. The summed E-state index contributed by atoms with van der Waals surface area (Å²) in [5.74, 6) is 0.0586. The summed E-state index contributed by atoms with van der Waals surface area (Å²) >= 11 is 8.06. The molecule has 16 heavy (non-hydrogen) atoms. The molecule has 0 radical (unpaired) electrons. The van der Waals surface area contributed by atoms with Crippen molar-refractivity contribution in [2.24, 2.45) is 0 Å². The molecule has 6 heteroatoms. The molecule has 0 aliphatic carbocycles. The molecule has 3 N–H and O–H groups in total. The van der Waals surface area contributed by atoms with E-state index in [0.29, 0.717) is 5.69 Å². The number of hydrogen-bond donors (Lipinski definition) is 2. The number of anilines is 1. The van der Waals surface area contributed by atoms with E-state index in [1.54, 1.807) is 0 Å². The molecule has 0 atom stereocenters. The zero-order valence-corrected chi connectivity index (χ0v) is 10.9. The summed E-state index contributed by atoms with van der Waals surface area (Å²) < 4.78 is 1.03. The molecule has 0 saturated heterocycles. The maximum atomic E-state index is 11.4. The van der Waals surface area contributed by atoms with Crippen LogP contribution in [0, 0.1) is 3.57 Å². The van der Waals surface area contributed by atoms with Crippen molar-refractivity contribution in [1.29, 1.82) is 0 Å². The average Bonchev–Trinajstić information content (AvgIpc) is 2.23. The predicted octanol–water partition coefficient (Wildman–Crippen LogP) is 2.28. The average molecular weight is 348 g/mol. The Bertz CT molecular complexity index is 597. The van der Waals surface area contributed by atoms with Crippen LogP contribution in [-0.4, -0.2) is 9.97 Å². The van der Waals surface area contributed by atoms with Gasteiger partial charge in [-0.3, -0.25) is 9.78 Å². The largest absolute Gasteiger partial charge is 0.369 e. The Labute approximate surface area is 110 Å². The molecule has 82 valence electrons. The molecule has 2 rings (SSSR count). The van der Waals surface area contributed by atoms with E-state index in [4.69, 9.17) is 17.3 Å². The summed E-state index contributed by atoms with van der Waals surface area (Å²) in [6, 6.07) is 7.52. The van der Waals surface area contributed by atoms with E-state index in [1.807, 2.05) is 24.3 Å². The van der Waals surface area contributed by atoms with E-state index in [9.17, 15) is 4.79 Å². The third kappa shape index (κ3) is 2.19. The molecule has 4 nitrogen and oxygen atoms in total. The number of nitrogen functional groups attached to an aromatic ring is 1. The van der Waals surface area contributed by atoms with Crippen molar-refractivity contribution in [2.75, 3.05) is 5.73 Å². The van der Waals surface area contributed by atoms with E-state index < -0.39 is 5.56 Å². The van der Waals surface area contributed by atoms with E-state index in [-0.39, 0.29) is 11.0 Å². The van der Waals surface area contributed by atoms with Crippen LogP contribution in [0.15, 0.2) is 29.1 Å². The van der Waals surface area contributed by atoms with Crippen LogP contribution in [-0.2, 0) is 0 Å². The molecule has 0 saturated carbocycles. The fourth-order valence-corrected chi connectivity index (χ4v) is 2.04. The first kappa shape index (κ1) is 11.4. The predicted molar refractivity (Wildman–Crippen MR) is 72.4 cm³/mol. The maximum absolute atomic E-state index is 11.4. The van der Waals surface area contributed by atoms with Crippen LogP contribution in [0.1, 0.15) is 0 Å². The van der Waals surface area contributed by atoms with Crippen molar-refractivity contribution in [3.63, 3.8) is 0 Å². The number of aromatic nitrogens is 2. The minimum absolute atomic E-state index is 0.0520. The zero-order chi connectivity index (χ0) is 11.7. The van der Waals surface area contributed by atoms with Crippen LogP contribution < -0.4 is 11.3 Å². The van der Waals surface area contributed by atoms with Crippen LogP contribution in [0.25, 0.3) is 11.3 Å². The third-order valence-corrected chi connectivity index (χ3v) is 3.00. The maximum Gasteiger partial charge on any atom is 0.271 e. The first-order valence-corrected chi connectivity index (χ1v) is 5.85. The van der Waals surface area contributed by atoms with Gasteiger partial charge in [0.25, 0.3) is 5.56 Å². The second-order valence-electron chi connectivity index (χ2n) is 3.12. The number of H-pyrrole nitrogens is 1. The van der Waals surface area contributed by atoms with Gasteiger partial charge in [-0.1, -0.05) is 23.7 Å². The highest BCUT2D eigenvalue weighted by molar-refractivity contribution is 14.1. The van der Waals surface area contributed by atoms with Gasteiger partial charge in [0.05, 0.1) is 5.69 Å². The number of halogens is 2. The van der Waals surface area contributed by atoms with Gasteiger partial charge >= 0.3 is 0 Å². The lowest BCUT2D eigenvalue weighted by molar-refractivity contribution is 1.14. The number of nitrogens with one attached hydrogen (secondary N) is 1. The van der Waals surface area contributed by atoms with E-state index >= 15 is 0 Å². The molecule has 0 unspecified atom stereocenters. The molecule has 0 amide bonds. The van der Waals surface area contributed by atoms with Crippen molar-refractivity contribution >= 4 is 40.1 Å². The second-order valence-corrected chi connectivity index (χ2v) is 4.75. The number of nitrogens with zero attached hydrogens (tertiary/aromatic N) is 1. The smallest absolute Gasteiger partial charge is 0.271 e. The van der Waals surface area contributed by atoms with Gasteiger partial charge in [0.1, 0.15) is 5.02 Å². The van der Waals surface area contributed by atoms with Crippen LogP contribution >= 0.6 is 34.2 Å². The molecule has 1 heterocycles. The van der Waals surface area contributed by atoms with Crippen LogP contribution in [0.2, 0.25) is 5.02 Å². The van der Waals surface area contributed by atoms with Gasteiger partial charge in [-0.25, -0.2) is 4.98 Å². The van der Waals surface area contributed by atoms with E-state index in [0.717, 1.165) is 9.13 Å². The van der Waals surface area contributed by atoms with Crippen molar-refractivity contribution in [3.8, 4) is 11.3 Å². The molecule has 0 bridgehead atoms. The first-order chi connectivity index (χ1) is 7.58. The Morgan fingerprint density at radius 1 is 1.44 bits per heavy atom. The topological polar surface area (TPSA) is 71.8 Å². The van der Waals surface area contributed by atoms with Crippen molar-refractivity contribution < 1.29 is 0 Å². The van der Waals surface area contributed by atoms with Crippen molar-refractivity contribution in [3.05, 3.63) is 43.2 Å². The molecule has 0 aliphatic rings. The van der Waals surface area contributed by atoms with Gasteiger partial charge in [0.15, 0.2) is 0 Å². The normalized spacial score (nSPS) is 10.4. The number of aromatic amines is 1. The van der Waals surface area contributed by atoms with Crippen molar-refractivity contribution in [2.45, 2.75) is 0 Å². The minimum Gasteiger partial charge on any atom is -0.369 e. The summed E-state index contributed by atoms with van der Waals surface area (Å²) in [4.78, 5) is 17.8. The molecule has 0 aliphatic heterocycles. The molecule has 0 spiro atoms. The number of rotatable bonds is 1. The Kier molecular flexibility index (Phi) is 3.15. The first-order valence-electron chi connectivity index (χ1n) is 4.39. The van der Waals surface area contributed by atoms with Gasteiger partial charge in [0, 0.05) is 9.13 Å². The van der Waals surface area contributed by atoms with Crippen LogP contribution in [0.5, 0.6) is 0 Å². The summed E-state index contributed by atoms with van der Waals surface area (Å²) in [6.45, 7) is 0.